The second-order valence-corrected chi connectivity index (χ2v) is 3.11. The van der Waals surface area contributed by atoms with E-state index < -0.39 is 0 Å². The molecule has 0 saturated heterocycles. The molecule has 0 aromatic heterocycles. The molecule has 0 amide bonds. The molecule has 1 aromatic rings. The summed E-state index contributed by atoms with van der Waals surface area (Å²) in [5.41, 5.74) is 0.791. The van der Waals surface area contributed by atoms with E-state index in [-0.39, 0.29) is 0 Å². The molecule has 1 aromatic carbocycles. The van der Waals surface area contributed by atoms with Crippen LogP contribution in [0.25, 0.3) is 6.08 Å². The molecule has 0 unspecified atom stereocenters. The number of benzene rings is 1. The molecule has 0 radical (unpaired) electrons. The molecule has 0 spiro atoms. The molecule has 0 bridgehead atoms. The summed E-state index contributed by atoms with van der Waals surface area (Å²) in [7, 11) is 3.06. The van der Waals surface area contributed by atoms with Crippen molar-refractivity contribution >= 4 is 17.7 Å². The van der Waals surface area contributed by atoms with Crippen LogP contribution in [0.5, 0.6) is 11.5 Å². The zero-order valence-corrected chi connectivity index (χ0v) is 9.21. The van der Waals surface area contributed by atoms with Gasteiger partial charge in [0.1, 0.15) is 0 Å². The third kappa shape index (κ3) is 2.64. The summed E-state index contributed by atoms with van der Waals surface area (Å²) in [6.45, 7) is 0. The molecule has 1 rings (SSSR count). The second-order valence-electron chi connectivity index (χ2n) is 2.70. The van der Waals surface area contributed by atoms with Crippen LogP contribution in [0.1, 0.15) is 5.56 Å². The number of hydrogen-bond donors (Lipinski definition) is 0. The first kappa shape index (κ1) is 11.4. The van der Waals surface area contributed by atoms with Crippen molar-refractivity contribution in [3.05, 3.63) is 28.8 Å². The molecule has 3 nitrogen and oxygen atoms in total. The van der Waals surface area contributed by atoms with Gasteiger partial charge in [0, 0.05) is 6.08 Å². The summed E-state index contributed by atoms with van der Waals surface area (Å²) in [6.07, 6.45) is 3.02. The minimum atomic E-state index is 0.453. The van der Waals surface area contributed by atoms with Gasteiger partial charge in [-0.1, -0.05) is 11.6 Å². The highest BCUT2D eigenvalue weighted by molar-refractivity contribution is 6.32. The minimum absolute atomic E-state index is 0.453. The van der Waals surface area contributed by atoms with Gasteiger partial charge in [-0.25, -0.2) is 0 Å². The van der Waals surface area contributed by atoms with Gasteiger partial charge in [-0.2, -0.15) is 5.26 Å². The van der Waals surface area contributed by atoms with Crippen molar-refractivity contribution in [1.82, 2.24) is 0 Å². The average Bonchev–Trinajstić information content (AvgIpc) is 2.25. The highest BCUT2D eigenvalue weighted by Crippen LogP contribution is 2.36. The van der Waals surface area contributed by atoms with Gasteiger partial charge in [-0.15, -0.1) is 0 Å². The minimum Gasteiger partial charge on any atom is -0.493 e. The first-order valence-corrected chi connectivity index (χ1v) is 4.58. The number of ether oxygens (including phenoxy) is 2. The summed E-state index contributed by atoms with van der Waals surface area (Å²) >= 11 is 5.97. The Hall–Kier alpha value is -1.66. The van der Waals surface area contributed by atoms with E-state index in [4.69, 9.17) is 26.3 Å². The zero-order valence-electron chi connectivity index (χ0n) is 8.45. The van der Waals surface area contributed by atoms with Gasteiger partial charge < -0.3 is 9.47 Å². The lowest BCUT2D eigenvalue weighted by atomic mass is 10.2. The Bertz CT molecular complexity index is 421. The van der Waals surface area contributed by atoms with Gasteiger partial charge in [0.25, 0.3) is 0 Å². The summed E-state index contributed by atoms with van der Waals surface area (Å²) in [5.74, 6) is 1.04. The molecule has 0 heterocycles. The first-order chi connectivity index (χ1) is 7.22. The van der Waals surface area contributed by atoms with Gasteiger partial charge in [0.2, 0.25) is 0 Å². The third-order valence-electron chi connectivity index (χ3n) is 1.81. The van der Waals surface area contributed by atoms with Crippen molar-refractivity contribution in [2.75, 3.05) is 14.2 Å². The normalized spacial score (nSPS) is 10.0. The van der Waals surface area contributed by atoms with Gasteiger partial charge in [-0.3, -0.25) is 0 Å². The van der Waals surface area contributed by atoms with E-state index in [0.29, 0.717) is 16.5 Å². The number of allylic oxidation sites excluding steroid dienone is 1. The van der Waals surface area contributed by atoms with E-state index in [0.717, 1.165) is 5.56 Å². The molecule has 4 heteroatoms. The fourth-order valence-corrected chi connectivity index (χ4v) is 1.46. The smallest absolute Gasteiger partial charge is 0.179 e. The molecule has 0 N–H and O–H groups in total. The fraction of sp³-hybridized carbons (Fsp3) is 0.182. The Morgan fingerprint density at radius 2 is 2.07 bits per heavy atom. The summed E-state index contributed by atoms with van der Waals surface area (Å²) in [5, 5.41) is 8.85. The Morgan fingerprint density at radius 3 is 2.60 bits per heavy atom. The molecule has 0 aliphatic carbocycles. The second kappa shape index (κ2) is 5.28. The van der Waals surface area contributed by atoms with Crippen molar-refractivity contribution in [3.63, 3.8) is 0 Å². The molecule has 0 fully saturated rings. The molecule has 0 aliphatic rings. The van der Waals surface area contributed by atoms with E-state index in [2.05, 4.69) is 0 Å². The fourth-order valence-electron chi connectivity index (χ4n) is 1.17. The third-order valence-corrected chi connectivity index (χ3v) is 2.09. The zero-order chi connectivity index (χ0) is 11.3. The molecular formula is C11H10ClNO2. The predicted molar refractivity (Wildman–Crippen MR) is 59.2 cm³/mol. The highest BCUT2D eigenvalue weighted by Gasteiger charge is 2.09. The Kier molecular flexibility index (Phi) is 4.02. The van der Waals surface area contributed by atoms with Crippen LogP contribution in [0, 0.1) is 11.3 Å². The SMILES string of the molecule is COc1cc(/C=C/C#N)cc(Cl)c1OC. The van der Waals surface area contributed by atoms with E-state index in [9.17, 15) is 0 Å². The highest BCUT2D eigenvalue weighted by atomic mass is 35.5. The largest absolute Gasteiger partial charge is 0.493 e. The van der Waals surface area contributed by atoms with Crippen LogP contribution in [0.3, 0.4) is 0 Å². The summed E-state index contributed by atoms with van der Waals surface area (Å²) in [6, 6.07) is 5.36. The molecular weight excluding hydrogens is 214 g/mol. The Morgan fingerprint density at radius 1 is 1.33 bits per heavy atom. The van der Waals surface area contributed by atoms with Crippen molar-refractivity contribution in [2.24, 2.45) is 0 Å². The van der Waals surface area contributed by atoms with Gasteiger partial charge in [0.15, 0.2) is 11.5 Å². The van der Waals surface area contributed by atoms with Crippen LogP contribution < -0.4 is 9.47 Å². The Labute approximate surface area is 93.5 Å². The van der Waals surface area contributed by atoms with E-state index in [1.807, 2.05) is 6.07 Å². The number of rotatable bonds is 3. The Balaban J connectivity index is 3.20. The van der Waals surface area contributed by atoms with Crippen molar-refractivity contribution < 1.29 is 9.47 Å². The molecule has 0 aliphatic heterocycles. The van der Waals surface area contributed by atoms with Crippen molar-refractivity contribution in [2.45, 2.75) is 0 Å². The van der Waals surface area contributed by atoms with E-state index in [1.54, 1.807) is 18.2 Å². The molecule has 0 atom stereocenters. The summed E-state index contributed by atoms with van der Waals surface area (Å²) < 4.78 is 10.2. The van der Waals surface area contributed by atoms with Gasteiger partial charge in [0.05, 0.1) is 25.3 Å². The topological polar surface area (TPSA) is 42.2 Å². The maximum absolute atomic E-state index is 8.40. The first-order valence-electron chi connectivity index (χ1n) is 4.20. The van der Waals surface area contributed by atoms with Crippen LogP contribution in [0.2, 0.25) is 5.02 Å². The quantitative estimate of drug-likeness (QED) is 0.740. The number of methoxy groups -OCH3 is 2. The predicted octanol–water partition coefficient (Wildman–Crippen LogP) is 2.89. The van der Waals surface area contributed by atoms with E-state index in [1.165, 1.54) is 20.3 Å². The molecule has 0 saturated carbocycles. The standard InChI is InChI=1S/C11H10ClNO2/c1-14-10-7-8(4-3-5-13)6-9(12)11(10)15-2/h3-4,6-7H,1-2H3/b4-3+. The average molecular weight is 224 g/mol. The monoisotopic (exact) mass is 223 g/mol. The van der Waals surface area contributed by atoms with Crippen molar-refractivity contribution in [3.8, 4) is 17.6 Å². The van der Waals surface area contributed by atoms with Crippen LogP contribution in [-0.2, 0) is 0 Å². The van der Waals surface area contributed by atoms with Crippen LogP contribution in [0.4, 0.5) is 0 Å². The number of hydrogen-bond acceptors (Lipinski definition) is 3. The van der Waals surface area contributed by atoms with Crippen LogP contribution in [-0.4, -0.2) is 14.2 Å². The molecule has 78 valence electrons. The van der Waals surface area contributed by atoms with Crippen molar-refractivity contribution in [1.29, 1.82) is 5.26 Å². The maximum Gasteiger partial charge on any atom is 0.179 e. The lowest BCUT2D eigenvalue weighted by Crippen LogP contribution is -1.92. The molecule has 15 heavy (non-hydrogen) atoms. The number of nitriles is 1. The van der Waals surface area contributed by atoms with E-state index >= 15 is 0 Å². The van der Waals surface area contributed by atoms with Gasteiger partial charge in [-0.05, 0) is 23.8 Å². The number of halogens is 1. The van der Waals surface area contributed by atoms with Gasteiger partial charge >= 0.3 is 0 Å². The number of nitrogens with zero attached hydrogens (tertiary/aromatic N) is 1. The lowest BCUT2D eigenvalue weighted by molar-refractivity contribution is 0.355. The van der Waals surface area contributed by atoms with Crippen LogP contribution >= 0.6 is 11.6 Å². The summed E-state index contributed by atoms with van der Waals surface area (Å²) in [4.78, 5) is 0. The lowest BCUT2D eigenvalue weighted by Gasteiger charge is -2.09. The maximum atomic E-state index is 8.40. The van der Waals surface area contributed by atoms with Crippen LogP contribution in [0.15, 0.2) is 18.2 Å².